The van der Waals surface area contributed by atoms with E-state index in [4.69, 9.17) is 5.11 Å². The predicted molar refractivity (Wildman–Crippen MR) is 78.3 cm³/mol. The lowest BCUT2D eigenvalue weighted by atomic mass is 10.1. The summed E-state index contributed by atoms with van der Waals surface area (Å²) in [6.07, 6.45) is 3.37. The number of aliphatic hydroxyl groups is 1. The minimum Gasteiger partial charge on any atom is -0.396 e. The van der Waals surface area contributed by atoms with E-state index in [1.54, 1.807) is 6.07 Å². The summed E-state index contributed by atoms with van der Waals surface area (Å²) >= 11 is 0. The molecule has 0 radical (unpaired) electrons. The third-order valence-electron chi connectivity index (χ3n) is 4.49. The van der Waals surface area contributed by atoms with Crippen LogP contribution in [0.5, 0.6) is 0 Å². The number of nitrogens with zero attached hydrogens (tertiary/aromatic N) is 2. The van der Waals surface area contributed by atoms with Crippen LogP contribution in [0.25, 0.3) is 0 Å². The third-order valence-corrected chi connectivity index (χ3v) is 4.49. The van der Waals surface area contributed by atoms with Gasteiger partial charge in [-0.25, -0.2) is 4.39 Å². The van der Waals surface area contributed by atoms with Crippen LogP contribution >= 0.6 is 0 Å². The van der Waals surface area contributed by atoms with Gasteiger partial charge in [-0.1, -0.05) is 6.07 Å². The van der Waals surface area contributed by atoms with Crippen molar-refractivity contribution in [2.45, 2.75) is 25.8 Å². The molecule has 0 amide bonds. The standard InChI is InChI=1S/C16H23FN2O/c17-15-9-13(10-18-8-5-14(11-18)12-20)3-4-16(15)19-6-1-2-7-19/h3-4,9,14,20H,1-2,5-8,10-12H2/t14-/m1/s1. The molecule has 2 aliphatic heterocycles. The Morgan fingerprint density at radius 1 is 1.20 bits per heavy atom. The normalized spacial score (nSPS) is 23.7. The van der Waals surface area contributed by atoms with Crippen LogP contribution in [0.2, 0.25) is 0 Å². The first-order valence-corrected chi connectivity index (χ1v) is 7.63. The second kappa shape index (κ2) is 6.10. The molecule has 3 rings (SSSR count). The highest BCUT2D eigenvalue weighted by atomic mass is 19.1. The van der Waals surface area contributed by atoms with E-state index in [9.17, 15) is 4.39 Å². The number of likely N-dealkylation sites (tertiary alicyclic amines) is 1. The first-order chi connectivity index (χ1) is 9.76. The zero-order valence-corrected chi connectivity index (χ0v) is 11.9. The minimum absolute atomic E-state index is 0.0951. The van der Waals surface area contributed by atoms with Gasteiger partial charge >= 0.3 is 0 Å². The Kier molecular flexibility index (Phi) is 4.22. The third kappa shape index (κ3) is 2.96. The van der Waals surface area contributed by atoms with Crippen LogP contribution in [0.15, 0.2) is 18.2 Å². The number of anilines is 1. The Hall–Kier alpha value is -1.13. The van der Waals surface area contributed by atoms with Gasteiger partial charge in [-0.05, 0) is 49.4 Å². The number of benzene rings is 1. The molecular formula is C16H23FN2O. The lowest BCUT2D eigenvalue weighted by molar-refractivity contribution is 0.220. The van der Waals surface area contributed by atoms with E-state index in [0.29, 0.717) is 5.92 Å². The van der Waals surface area contributed by atoms with Crippen LogP contribution < -0.4 is 4.90 Å². The van der Waals surface area contributed by atoms with E-state index in [-0.39, 0.29) is 12.4 Å². The molecule has 0 bridgehead atoms. The first kappa shape index (κ1) is 13.8. The molecule has 1 atom stereocenters. The Morgan fingerprint density at radius 2 is 2.00 bits per heavy atom. The van der Waals surface area contributed by atoms with Crippen LogP contribution in [-0.2, 0) is 6.54 Å². The van der Waals surface area contributed by atoms with Gasteiger partial charge in [0.25, 0.3) is 0 Å². The Balaban J connectivity index is 1.64. The van der Waals surface area contributed by atoms with Gasteiger partial charge in [0.15, 0.2) is 0 Å². The highest BCUT2D eigenvalue weighted by Gasteiger charge is 2.22. The molecule has 0 unspecified atom stereocenters. The van der Waals surface area contributed by atoms with Gasteiger partial charge < -0.3 is 10.0 Å². The largest absolute Gasteiger partial charge is 0.396 e. The van der Waals surface area contributed by atoms with E-state index < -0.39 is 0 Å². The van der Waals surface area contributed by atoms with E-state index in [1.165, 1.54) is 0 Å². The molecule has 0 aliphatic carbocycles. The molecule has 0 saturated carbocycles. The molecule has 1 N–H and O–H groups in total. The maximum atomic E-state index is 14.2. The van der Waals surface area contributed by atoms with Crippen LogP contribution in [0.1, 0.15) is 24.8 Å². The van der Waals surface area contributed by atoms with Gasteiger partial charge in [0.1, 0.15) is 5.82 Å². The molecule has 4 heteroatoms. The monoisotopic (exact) mass is 278 g/mol. The van der Waals surface area contributed by atoms with Gasteiger partial charge in [-0.2, -0.15) is 0 Å². The molecule has 2 fully saturated rings. The van der Waals surface area contributed by atoms with Crippen LogP contribution in [0, 0.1) is 11.7 Å². The van der Waals surface area contributed by atoms with Gasteiger partial charge in [0.2, 0.25) is 0 Å². The maximum absolute atomic E-state index is 14.2. The van der Waals surface area contributed by atoms with Crippen LogP contribution in [0.4, 0.5) is 10.1 Å². The first-order valence-electron chi connectivity index (χ1n) is 7.63. The van der Waals surface area contributed by atoms with Crippen molar-refractivity contribution < 1.29 is 9.50 Å². The van der Waals surface area contributed by atoms with Crippen molar-refractivity contribution in [2.24, 2.45) is 5.92 Å². The molecule has 20 heavy (non-hydrogen) atoms. The van der Waals surface area contributed by atoms with Crippen molar-refractivity contribution in [1.29, 1.82) is 0 Å². The fraction of sp³-hybridized carbons (Fsp3) is 0.625. The predicted octanol–water partition coefficient (Wildman–Crippen LogP) is 2.24. The van der Waals surface area contributed by atoms with E-state index >= 15 is 0 Å². The average Bonchev–Trinajstić information content (AvgIpc) is 3.10. The number of halogens is 1. The van der Waals surface area contributed by atoms with Gasteiger partial charge in [-0.15, -0.1) is 0 Å². The van der Waals surface area contributed by atoms with Crippen molar-refractivity contribution in [3.05, 3.63) is 29.6 Å². The number of hydrogen-bond donors (Lipinski definition) is 1. The number of rotatable bonds is 4. The minimum atomic E-state index is -0.0951. The molecule has 110 valence electrons. The summed E-state index contributed by atoms with van der Waals surface area (Å²) < 4.78 is 14.2. The quantitative estimate of drug-likeness (QED) is 0.915. The maximum Gasteiger partial charge on any atom is 0.146 e. The molecule has 2 heterocycles. The summed E-state index contributed by atoms with van der Waals surface area (Å²) in [6, 6.07) is 5.65. The molecule has 2 saturated heterocycles. The zero-order valence-electron chi connectivity index (χ0n) is 11.9. The molecule has 0 spiro atoms. The molecule has 0 aromatic heterocycles. The fourth-order valence-electron chi connectivity index (χ4n) is 3.33. The molecule has 1 aromatic carbocycles. The van der Waals surface area contributed by atoms with Gasteiger partial charge in [-0.3, -0.25) is 4.90 Å². The second-order valence-electron chi connectivity index (χ2n) is 6.05. The molecule has 2 aliphatic rings. The smallest absolute Gasteiger partial charge is 0.146 e. The van der Waals surface area contributed by atoms with Crippen molar-refractivity contribution in [1.82, 2.24) is 4.90 Å². The van der Waals surface area contributed by atoms with Gasteiger partial charge in [0.05, 0.1) is 5.69 Å². The SMILES string of the molecule is OC[C@@H]1CCN(Cc2ccc(N3CCCC3)c(F)c2)C1. The van der Waals surface area contributed by atoms with Crippen molar-refractivity contribution in [2.75, 3.05) is 37.7 Å². The zero-order chi connectivity index (χ0) is 13.9. The Morgan fingerprint density at radius 3 is 2.65 bits per heavy atom. The van der Waals surface area contributed by atoms with E-state index in [1.807, 2.05) is 12.1 Å². The summed E-state index contributed by atoms with van der Waals surface area (Å²) in [5.41, 5.74) is 1.78. The van der Waals surface area contributed by atoms with E-state index in [0.717, 1.165) is 63.2 Å². The lowest BCUT2D eigenvalue weighted by Gasteiger charge is -2.20. The van der Waals surface area contributed by atoms with E-state index in [2.05, 4.69) is 9.80 Å². The highest BCUT2D eigenvalue weighted by Crippen LogP contribution is 2.25. The van der Waals surface area contributed by atoms with Crippen LogP contribution in [-0.4, -0.2) is 42.8 Å². The number of hydrogen-bond acceptors (Lipinski definition) is 3. The van der Waals surface area contributed by atoms with Crippen molar-refractivity contribution in [3.8, 4) is 0 Å². The topological polar surface area (TPSA) is 26.7 Å². The average molecular weight is 278 g/mol. The summed E-state index contributed by atoms with van der Waals surface area (Å²) in [5.74, 6) is 0.297. The Labute approximate surface area is 120 Å². The van der Waals surface area contributed by atoms with Crippen LogP contribution in [0.3, 0.4) is 0 Å². The van der Waals surface area contributed by atoms with Crippen molar-refractivity contribution in [3.63, 3.8) is 0 Å². The Bertz CT molecular complexity index is 460. The fourth-order valence-corrected chi connectivity index (χ4v) is 3.33. The summed E-state index contributed by atoms with van der Waals surface area (Å²) in [6.45, 7) is 4.92. The molecule has 3 nitrogen and oxygen atoms in total. The summed E-state index contributed by atoms with van der Waals surface area (Å²) in [4.78, 5) is 4.43. The van der Waals surface area contributed by atoms with Crippen molar-refractivity contribution >= 4 is 5.69 Å². The number of aliphatic hydroxyl groups excluding tert-OH is 1. The summed E-state index contributed by atoms with van der Waals surface area (Å²) in [7, 11) is 0. The van der Waals surface area contributed by atoms with Gasteiger partial charge in [0, 0.05) is 32.8 Å². The molecule has 1 aromatic rings. The highest BCUT2D eigenvalue weighted by molar-refractivity contribution is 5.49. The second-order valence-corrected chi connectivity index (χ2v) is 6.05. The molecular weight excluding hydrogens is 255 g/mol. The summed E-state index contributed by atoms with van der Waals surface area (Å²) in [5, 5.41) is 9.16. The lowest BCUT2D eigenvalue weighted by Crippen LogP contribution is -2.22.